The minimum absolute atomic E-state index is 0.0698. The van der Waals surface area contributed by atoms with E-state index in [0.29, 0.717) is 30.8 Å². The van der Waals surface area contributed by atoms with Gasteiger partial charge in [0.15, 0.2) is 5.96 Å². The van der Waals surface area contributed by atoms with Gasteiger partial charge in [-0.15, -0.1) is 0 Å². The van der Waals surface area contributed by atoms with Gasteiger partial charge in [0, 0.05) is 31.7 Å². The molecule has 1 rings (SSSR count). The molecule has 0 bridgehead atoms. The van der Waals surface area contributed by atoms with Crippen molar-refractivity contribution in [2.45, 2.75) is 39.7 Å². The third-order valence-electron chi connectivity index (χ3n) is 3.02. The molecule has 21 heavy (non-hydrogen) atoms. The van der Waals surface area contributed by atoms with Gasteiger partial charge in [-0.05, 0) is 32.4 Å². The second-order valence-electron chi connectivity index (χ2n) is 4.92. The minimum atomic E-state index is -0.0698. The van der Waals surface area contributed by atoms with Crippen LogP contribution in [0, 0.1) is 6.92 Å². The summed E-state index contributed by atoms with van der Waals surface area (Å²) in [7, 11) is 1.72. The van der Waals surface area contributed by atoms with Crippen LogP contribution in [-0.4, -0.2) is 36.5 Å². The van der Waals surface area contributed by atoms with Crippen LogP contribution in [0.5, 0.6) is 0 Å². The van der Waals surface area contributed by atoms with Crippen molar-refractivity contribution in [2.75, 3.05) is 18.9 Å². The number of guanidine groups is 1. The zero-order chi connectivity index (χ0) is 15.7. The molecule has 6 nitrogen and oxygen atoms in total. The highest BCUT2D eigenvalue weighted by atomic mass is 16.1. The summed E-state index contributed by atoms with van der Waals surface area (Å²) in [6.45, 7) is 6.60. The van der Waals surface area contributed by atoms with Gasteiger partial charge in [0.05, 0.1) is 0 Å². The van der Waals surface area contributed by atoms with E-state index in [-0.39, 0.29) is 5.91 Å². The van der Waals surface area contributed by atoms with Crippen LogP contribution in [0.15, 0.2) is 23.2 Å². The molecular weight excluding hydrogens is 266 g/mol. The Morgan fingerprint density at radius 2 is 2.19 bits per heavy atom. The Labute approximate surface area is 126 Å². The van der Waals surface area contributed by atoms with Crippen LogP contribution in [0.2, 0.25) is 0 Å². The number of carbonyl (C=O) groups excluding carboxylic acids is 1. The minimum Gasteiger partial charge on any atom is -0.356 e. The number of hydrogen-bond acceptors (Lipinski definition) is 3. The Morgan fingerprint density at radius 3 is 2.81 bits per heavy atom. The highest BCUT2D eigenvalue weighted by Crippen LogP contribution is 2.03. The molecule has 6 heteroatoms. The smallest absolute Gasteiger partial charge is 0.227 e. The van der Waals surface area contributed by atoms with Crippen LogP contribution in [-0.2, 0) is 4.79 Å². The molecule has 116 valence electrons. The summed E-state index contributed by atoms with van der Waals surface area (Å²) in [5.74, 6) is 1.23. The third kappa shape index (κ3) is 6.74. The molecule has 1 heterocycles. The summed E-state index contributed by atoms with van der Waals surface area (Å²) < 4.78 is 0. The summed E-state index contributed by atoms with van der Waals surface area (Å²) in [6.07, 6.45) is 1.37. The van der Waals surface area contributed by atoms with E-state index in [1.807, 2.05) is 19.1 Å². The van der Waals surface area contributed by atoms with E-state index in [9.17, 15) is 4.79 Å². The molecule has 0 fully saturated rings. The number of hydrogen-bond donors (Lipinski definition) is 3. The van der Waals surface area contributed by atoms with Gasteiger partial charge in [-0.3, -0.25) is 9.79 Å². The number of anilines is 1. The van der Waals surface area contributed by atoms with Crippen molar-refractivity contribution in [3.8, 4) is 0 Å². The Kier molecular flexibility index (Phi) is 7.21. The number of pyridine rings is 1. The first kappa shape index (κ1) is 16.9. The molecule has 1 aromatic heterocycles. The average molecular weight is 291 g/mol. The van der Waals surface area contributed by atoms with Crippen LogP contribution >= 0.6 is 0 Å². The number of carbonyl (C=O) groups is 1. The molecule has 3 N–H and O–H groups in total. The van der Waals surface area contributed by atoms with Crippen LogP contribution < -0.4 is 16.0 Å². The summed E-state index contributed by atoms with van der Waals surface area (Å²) in [5, 5.41) is 9.14. The average Bonchev–Trinajstić information content (AvgIpc) is 2.45. The maximum absolute atomic E-state index is 11.8. The first-order chi connectivity index (χ1) is 10.0. The van der Waals surface area contributed by atoms with Crippen molar-refractivity contribution in [1.82, 2.24) is 15.6 Å². The van der Waals surface area contributed by atoms with Gasteiger partial charge in [-0.2, -0.15) is 0 Å². The highest BCUT2D eigenvalue weighted by Gasteiger charge is 2.05. The second kappa shape index (κ2) is 8.94. The van der Waals surface area contributed by atoms with Crippen molar-refractivity contribution in [1.29, 1.82) is 0 Å². The lowest BCUT2D eigenvalue weighted by Crippen LogP contribution is -2.42. The monoisotopic (exact) mass is 291 g/mol. The zero-order valence-corrected chi connectivity index (χ0v) is 13.2. The molecule has 1 amide bonds. The van der Waals surface area contributed by atoms with E-state index in [0.717, 1.165) is 12.1 Å². The second-order valence-corrected chi connectivity index (χ2v) is 4.92. The number of aryl methyl sites for hydroxylation is 1. The largest absolute Gasteiger partial charge is 0.356 e. The van der Waals surface area contributed by atoms with Gasteiger partial charge in [-0.1, -0.05) is 13.0 Å². The fraction of sp³-hybridized carbons (Fsp3) is 0.533. The molecule has 0 aliphatic rings. The van der Waals surface area contributed by atoms with E-state index in [2.05, 4.69) is 39.8 Å². The molecule has 0 radical (unpaired) electrons. The van der Waals surface area contributed by atoms with Gasteiger partial charge in [0.25, 0.3) is 0 Å². The maximum atomic E-state index is 11.8. The van der Waals surface area contributed by atoms with Gasteiger partial charge in [0.2, 0.25) is 5.91 Å². The van der Waals surface area contributed by atoms with Gasteiger partial charge in [-0.25, -0.2) is 4.98 Å². The Hall–Kier alpha value is -2.11. The normalized spacial score (nSPS) is 12.7. The van der Waals surface area contributed by atoms with Gasteiger partial charge < -0.3 is 16.0 Å². The number of nitrogens with one attached hydrogen (secondary N) is 3. The predicted octanol–water partition coefficient (Wildman–Crippen LogP) is 1.68. The van der Waals surface area contributed by atoms with Crippen molar-refractivity contribution < 1.29 is 4.79 Å². The first-order valence-electron chi connectivity index (χ1n) is 7.25. The summed E-state index contributed by atoms with van der Waals surface area (Å²) in [5.41, 5.74) is 0.879. The highest BCUT2D eigenvalue weighted by molar-refractivity contribution is 5.90. The molecule has 1 aromatic rings. The Bertz CT molecular complexity index is 487. The van der Waals surface area contributed by atoms with Gasteiger partial charge in [0.1, 0.15) is 5.82 Å². The van der Waals surface area contributed by atoms with Crippen molar-refractivity contribution in [3.63, 3.8) is 0 Å². The van der Waals surface area contributed by atoms with Gasteiger partial charge >= 0.3 is 0 Å². The molecule has 0 saturated heterocycles. The molecule has 0 aromatic carbocycles. The zero-order valence-electron chi connectivity index (χ0n) is 13.2. The topological polar surface area (TPSA) is 78.4 Å². The Balaban J connectivity index is 2.33. The number of aliphatic imine (C=N–C) groups is 1. The molecular formula is C15H25N5O. The summed E-state index contributed by atoms with van der Waals surface area (Å²) >= 11 is 0. The first-order valence-corrected chi connectivity index (χ1v) is 7.25. The molecule has 0 aliphatic heterocycles. The molecule has 1 atom stereocenters. The van der Waals surface area contributed by atoms with Crippen LogP contribution in [0.4, 0.5) is 5.82 Å². The van der Waals surface area contributed by atoms with Crippen molar-refractivity contribution in [2.24, 2.45) is 4.99 Å². The van der Waals surface area contributed by atoms with Crippen molar-refractivity contribution >= 4 is 17.7 Å². The molecule has 0 aliphatic carbocycles. The number of amides is 1. The van der Waals surface area contributed by atoms with E-state index >= 15 is 0 Å². The summed E-state index contributed by atoms with van der Waals surface area (Å²) in [4.78, 5) is 20.2. The molecule has 0 spiro atoms. The lowest BCUT2D eigenvalue weighted by atomic mass is 10.3. The van der Waals surface area contributed by atoms with E-state index < -0.39 is 0 Å². The van der Waals surface area contributed by atoms with Crippen molar-refractivity contribution in [3.05, 3.63) is 23.9 Å². The number of nitrogens with zero attached hydrogens (tertiary/aromatic N) is 2. The van der Waals surface area contributed by atoms with Crippen LogP contribution in [0.1, 0.15) is 32.4 Å². The van der Waals surface area contributed by atoms with E-state index in [4.69, 9.17) is 0 Å². The standard InChI is InChI=1S/C15H25N5O/c1-5-11(2)19-15(16-4)17-10-9-14(21)20-13-8-6-7-12(3)18-13/h6-8,11H,5,9-10H2,1-4H3,(H2,16,17,19)(H,18,20,21). The number of rotatable bonds is 6. The third-order valence-corrected chi connectivity index (χ3v) is 3.02. The van der Waals surface area contributed by atoms with E-state index in [1.54, 1.807) is 13.1 Å². The SMILES string of the molecule is CCC(C)NC(=NC)NCCC(=O)Nc1cccc(C)n1. The summed E-state index contributed by atoms with van der Waals surface area (Å²) in [6, 6.07) is 5.89. The quantitative estimate of drug-likeness (QED) is 0.550. The van der Waals surface area contributed by atoms with E-state index in [1.165, 1.54) is 0 Å². The number of aromatic nitrogens is 1. The lowest BCUT2D eigenvalue weighted by Gasteiger charge is -2.16. The van der Waals surface area contributed by atoms with Crippen LogP contribution in [0.3, 0.4) is 0 Å². The van der Waals surface area contributed by atoms with Crippen LogP contribution in [0.25, 0.3) is 0 Å². The fourth-order valence-corrected chi connectivity index (χ4v) is 1.64. The maximum Gasteiger partial charge on any atom is 0.227 e. The fourth-order valence-electron chi connectivity index (χ4n) is 1.64. The molecule has 0 saturated carbocycles. The molecule has 1 unspecified atom stereocenters. The Morgan fingerprint density at radius 1 is 1.43 bits per heavy atom. The predicted molar refractivity (Wildman–Crippen MR) is 86.5 cm³/mol. The lowest BCUT2D eigenvalue weighted by molar-refractivity contribution is -0.116.